The number of carbonyl (C=O) groups excluding carboxylic acids is 2. The highest BCUT2D eigenvalue weighted by Crippen LogP contribution is 2.25. The Kier molecular flexibility index (Phi) is 4.11. The molecule has 1 fully saturated rings. The van der Waals surface area contributed by atoms with Gasteiger partial charge >= 0.3 is 0 Å². The number of amides is 2. The first kappa shape index (κ1) is 15.6. The van der Waals surface area contributed by atoms with Crippen molar-refractivity contribution in [1.82, 2.24) is 5.32 Å². The third-order valence-corrected chi connectivity index (χ3v) is 4.50. The molecule has 3 rings (SSSR count). The minimum absolute atomic E-state index is 0.0835. The number of anilines is 1. The third-order valence-electron chi connectivity index (χ3n) is 3.40. The highest BCUT2D eigenvalue weighted by molar-refractivity contribution is 7.80. The zero-order valence-corrected chi connectivity index (χ0v) is 14.3. The number of nitrogens with one attached hydrogen (secondary N) is 1. The number of hydrogen-bond donors (Lipinski definition) is 1. The van der Waals surface area contributed by atoms with Gasteiger partial charge in [0.2, 0.25) is 0 Å². The lowest BCUT2D eigenvalue weighted by Gasteiger charge is -2.29. The first-order valence-electron chi connectivity index (χ1n) is 6.99. The van der Waals surface area contributed by atoms with Crippen LogP contribution in [-0.4, -0.2) is 16.9 Å². The normalized spacial score (nSPS) is 16.9. The molecule has 0 spiro atoms. The van der Waals surface area contributed by atoms with Crippen LogP contribution in [0, 0.1) is 13.8 Å². The van der Waals surface area contributed by atoms with Crippen molar-refractivity contribution in [2.75, 3.05) is 4.90 Å². The molecule has 0 bridgehead atoms. The fourth-order valence-electron chi connectivity index (χ4n) is 2.49. The Hall–Kier alpha value is -2.31. The van der Waals surface area contributed by atoms with E-state index in [9.17, 15) is 9.59 Å². The fourth-order valence-corrected chi connectivity index (χ4v) is 3.43. The Bertz CT molecular complexity index is 818. The van der Waals surface area contributed by atoms with Crippen LogP contribution < -0.4 is 10.2 Å². The zero-order chi connectivity index (χ0) is 16.6. The van der Waals surface area contributed by atoms with Crippen LogP contribution in [0.2, 0.25) is 0 Å². The Morgan fingerprint density at radius 2 is 1.87 bits per heavy atom. The van der Waals surface area contributed by atoms with E-state index >= 15 is 0 Å². The molecule has 1 aromatic carbocycles. The van der Waals surface area contributed by atoms with E-state index in [-0.39, 0.29) is 10.7 Å². The summed E-state index contributed by atoms with van der Waals surface area (Å²) in [5.74, 6) is -0.869. The molecule has 1 aliphatic rings. The minimum Gasteiger partial charge on any atom is -0.298 e. The predicted octanol–water partition coefficient (Wildman–Crippen LogP) is 3.20. The van der Waals surface area contributed by atoms with Crippen molar-refractivity contribution >= 4 is 52.2 Å². The van der Waals surface area contributed by atoms with Gasteiger partial charge in [-0.15, -0.1) is 11.3 Å². The fraction of sp³-hybridized carbons (Fsp3) is 0.118. The van der Waals surface area contributed by atoms with Crippen LogP contribution in [-0.2, 0) is 9.59 Å². The number of thiocarbonyl (C=S) groups is 1. The van der Waals surface area contributed by atoms with Gasteiger partial charge in [0.05, 0.1) is 5.69 Å². The zero-order valence-electron chi connectivity index (χ0n) is 12.6. The average molecular weight is 342 g/mol. The lowest BCUT2D eigenvalue weighted by Crippen LogP contribution is -2.54. The second-order valence-corrected chi connectivity index (χ2v) is 6.69. The molecule has 2 amide bonds. The van der Waals surface area contributed by atoms with Crippen LogP contribution in [0.25, 0.3) is 6.08 Å². The lowest BCUT2D eigenvalue weighted by atomic mass is 10.1. The molecule has 1 aromatic heterocycles. The molecule has 1 saturated heterocycles. The first-order chi connectivity index (χ1) is 11.0. The summed E-state index contributed by atoms with van der Waals surface area (Å²) in [5, 5.41) is 4.59. The molecular formula is C17H14N2O2S2. The van der Waals surface area contributed by atoms with Crippen LogP contribution in [0.5, 0.6) is 0 Å². The number of thiophene rings is 1. The second-order valence-electron chi connectivity index (χ2n) is 5.32. The number of hydrogen-bond acceptors (Lipinski definition) is 4. The molecule has 6 heteroatoms. The smallest absolute Gasteiger partial charge is 0.270 e. The van der Waals surface area contributed by atoms with Gasteiger partial charge in [-0.25, -0.2) is 0 Å². The van der Waals surface area contributed by atoms with Gasteiger partial charge in [-0.1, -0.05) is 12.1 Å². The van der Waals surface area contributed by atoms with Crippen molar-refractivity contribution in [2.24, 2.45) is 0 Å². The monoisotopic (exact) mass is 342 g/mol. The maximum atomic E-state index is 12.8. The van der Waals surface area contributed by atoms with E-state index in [2.05, 4.69) is 5.32 Å². The SMILES string of the molecule is Cc1cc(C)cc(N2C(=O)/C(=C/c3cccs3)C(=O)NC2=S)c1. The molecule has 1 aliphatic heterocycles. The highest BCUT2D eigenvalue weighted by Gasteiger charge is 2.34. The molecule has 0 atom stereocenters. The summed E-state index contributed by atoms with van der Waals surface area (Å²) < 4.78 is 0. The van der Waals surface area contributed by atoms with Gasteiger partial charge in [0.15, 0.2) is 5.11 Å². The number of aryl methyl sites for hydroxylation is 2. The van der Waals surface area contributed by atoms with Crippen molar-refractivity contribution in [3.8, 4) is 0 Å². The molecule has 23 heavy (non-hydrogen) atoms. The van der Waals surface area contributed by atoms with E-state index < -0.39 is 11.8 Å². The van der Waals surface area contributed by atoms with E-state index in [4.69, 9.17) is 12.2 Å². The van der Waals surface area contributed by atoms with Crippen LogP contribution in [0.15, 0.2) is 41.3 Å². The standard InChI is InChI=1S/C17H14N2O2S2/c1-10-6-11(2)8-12(7-10)19-16(21)14(15(20)18-17(19)22)9-13-4-3-5-23-13/h3-9H,1-2H3,(H,18,20,22)/b14-9+. The van der Waals surface area contributed by atoms with Gasteiger partial charge < -0.3 is 0 Å². The first-order valence-corrected chi connectivity index (χ1v) is 8.28. The molecular weight excluding hydrogens is 328 g/mol. The Labute approximate surface area is 143 Å². The van der Waals surface area contributed by atoms with E-state index in [0.29, 0.717) is 5.69 Å². The van der Waals surface area contributed by atoms with Crippen LogP contribution in [0.1, 0.15) is 16.0 Å². The van der Waals surface area contributed by atoms with Crippen LogP contribution in [0.3, 0.4) is 0 Å². The average Bonchev–Trinajstić information content (AvgIpc) is 2.95. The summed E-state index contributed by atoms with van der Waals surface area (Å²) in [4.78, 5) is 27.2. The largest absolute Gasteiger partial charge is 0.298 e. The molecule has 0 unspecified atom stereocenters. The molecule has 1 N–H and O–H groups in total. The lowest BCUT2D eigenvalue weighted by molar-refractivity contribution is -0.122. The number of nitrogens with zero attached hydrogens (tertiary/aromatic N) is 1. The maximum absolute atomic E-state index is 12.8. The van der Waals surface area contributed by atoms with Gasteiger partial charge in [-0.2, -0.15) is 0 Å². The van der Waals surface area contributed by atoms with Gasteiger partial charge in [0, 0.05) is 4.88 Å². The summed E-state index contributed by atoms with van der Waals surface area (Å²) >= 11 is 6.66. The number of rotatable bonds is 2. The minimum atomic E-state index is -0.464. The topological polar surface area (TPSA) is 49.4 Å². The van der Waals surface area contributed by atoms with Gasteiger partial charge in [0.25, 0.3) is 11.8 Å². The van der Waals surface area contributed by atoms with E-state index in [1.807, 2.05) is 49.6 Å². The predicted molar refractivity (Wildman–Crippen MR) is 96.4 cm³/mol. The van der Waals surface area contributed by atoms with Crippen molar-refractivity contribution < 1.29 is 9.59 Å². The Balaban J connectivity index is 2.05. The van der Waals surface area contributed by atoms with E-state index in [1.54, 1.807) is 6.08 Å². The van der Waals surface area contributed by atoms with E-state index in [1.165, 1.54) is 16.2 Å². The van der Waals surface area contributed by atoms with Gasteiger partial charge in [0.1, 0.15) is 5.57 Å². The molecule has 0 radical (unpaired) electrons. The van der Waals surface area contributed by atoms with Gasteiger partial charge in [-0.3, -0.25) is 19.8 Å². The van der Waals surface area contributed by atoms with Crippen LogP contribution in [0.4, 0.5) is 5.69 Å². The van der Waals surface area contributed by atoms with Crippen molar-refractivity contribution in [3.63, 3.8) is 0 Å². The molecule has 116 valence electrons. The molecule has 2 heterocycles. The Morgan fingerprint density at radius 3 is 2.48 bits per heavy atom. The summed E-state index contributed by atoms with van der Waals surface area (Å²) in [6.45, 7) is 3.91. The highest BCUT2D eigenvalue weighted by atomic mass is 32.1. The van der Waals surface area contributed by atoms with Crippen molar-refractivity contribution in [1.29, 1.82) is 0 Å². The summed E-state index contributed by atoms with van der Waals surface area (Å²) in [6.07, 6.45) is 1.60. The van der Waals surface area contributed by atoms with Crippen LogP contribution >= 0.6 is 23.6 Å². The summed E-state index contributed by atoms with van der Waals surface area (Å²) in [6, 6.07) is 9.48. The van der Waals surface area contributed by atoms with Crippen molar-refractivity contribution in [3.05, 3.63) is 57.3 Å². The van der Waals surface area contributed by atoms with Crippen molar-refractivity contribution in [2.45, 2.75) is 13.8 Å². The molecule has 4 nitrogen and oxygen atoms in total. The quantitative estimate of drug-likeness (QED) is 0.518. The maximum Gasteiger partial charge on any atom is 0.270 e. The second kappa shape index (κ2) is 6.06. The third kappa shape index (κ3) is 3.09. The molecule has 2 aromatic rings. The molecule has 0 aliphatic carbocycles. The number of benzene rings is 1. The van der Waals surface area contributed by atoms with E-state index in [0.717, 1.165) is 16.0 Å². The summed E-state index contributed by atoms with van der Waals surface area (Å²) in [7, 11) is 0. The molecule has 0 saturated carbocycles. The van der Waals surface area contributed by atoms with Gasteiger partial charge in [-0.05, 0) is 66.8 Å². The number of carbonyl (C=O) groups is 2. The summed E-state index contributed by atoms with van der Waals surface area (Å²) in [5.41, 5.74) is 2.79. The Morgan fingerprint density at radius 1 is 1.17 bits per heavy atom.